The van der Waals surface area contributed by atoms with Crippen molar-refractivity contribution in [1.29, 1.82) is 0 Å². The maximum Gasteiger partial charge on any atom is 0.0358 e. The molecule has 0 spiro atoms. The third kappa shape index (κ3) is 4.44. The Labute approximate surface area is 129 Å². The molecule has 0 bridgehead atoms. The summed E-state index contributed by atoms with van der Waals surface area (Å²) in [6.45, 7) is 6.58. The van der Waals surface area contributed by atoms with Gasteiger partial charge in [0.15, 0.2) is 0 Å². The number of nitrogens with one attached hydrogen (secondary N) is 1. The largest absolute Gasteiger partial charge is 0.313 e. The van der Waals surface area contributed by atoms with Crippen LogP contribution in [0.15, 0.2) is 42.5 Å². The van der Waals surface area contributed by atoms with Gasteiger partial charge < -0.3 is 5.32 Å². The third-order valence-corrected chi connectivity index (χ3v) is 3.96. The molecule has 0 saturated heterocycles. The fourth-order valence-corrected chi connectivity index (χ4v) is 3.06. The van der Waals surface area contributed by atoms with Gasteiger partial charge in [-0.3, -0.25) is 0 Å². The van der Waals surface area contributed by atoms with Crippen molar-refractivity contribution >= 4 is 0 Å². The van der Waals surface area contributed by atoms with Crippen molar-refractivity contribution in [3.05, 3.63) is 70.3 Å². The Kier molecular flexibility index (Phi) is 5.58. The zero-order valence-corrected chi connectivity index (χ0v) is 13.7. The monoisotopic (exact) mass is 281 g/mol. The van der Waals surface area contributed by atoms with Gasteiger partial charge in [0.1, 0.15) is 0 Å². The number of hydrogen-bond acceptors (Lipinski definition) is 1. The minimum absolute atomic E-state index is 0.378. The normalized spacial score (nSPS) is 12.4. The number of benzene rings is 2. The lowest BCUT2D eigenvalue weighted by Gasteiger charge is -2.18. The van der Waals surface area contributed by atoms with Crippen LogP contribution in [-0.2, 0) is 12.8 Å². The van der Waals surface area contributed by atoms with E-state index in [4.69, 9.17) is 0 Å². The first-order valence-corrected chi connectivity index (χ1v) is 7.95. The topological polar surface area (TPSA) is 12.0 Å². The third-order valence-electron chi connectivity index (χ3n) is 3.96. The van der Waals surface area contributed by atoms with Gasteiger partial charge in [0.2, 0.25) is 0 Å². The van der Waals surface area contributed by atoms with E-state index in [0.717, 1.165) is 12.8 Å². The SMILES string of the molecule is CCCc1cccc(C(Cc2cc(C)cc(C)c2)NC)c1. The smallest absolute Gasteiger partial charge is 0.0358 e. The molecule has 2 rings (SSSR count). The summed E-state index contributed by atoms with van der Waals surface area (Å²) in [5.41, 5.74) is 6.94. The summed E-state index contributed by atoms with van der Waals surface area (Å²) in [6.07, 6.45) is 3.40. The van der Waals surface area contributed by atoms with Gasteiger partial charge in [-0.05, 0) is 50.4 Å². The molecular formula is C20H27N. The van der Waals surface area contributed by atoms with Crippen molar-refractivity contribution in [1.82, 2.24) is 5.32 Å². The first-order chi connectivity index (χ1) is 10.1. The lowest BCUT2D eigenvalue weighted by Crippen LogP contribution is -2.19. The number of hydrogen-bond donors (Lipinski definition) is 1. The molecule has 0 aliphatic rings. The molecule has 1 N–H and O–H groups in total. The summed E-state index contributed by atoms with van der Waals surface area (Å²) in [5.74, 6) is 0. The Hall–Kier alpha value is -1.60. The van der Waals surface area contributed by atoms with Crippen LogP contribution in [0.3, 0.4) is 0 Å². The molecule has 1 heteroatoms. The van der Waals surface area contributed by atoms with Crippen LogP contribution in [-0.4, -0.2) is 7.05 Å². The van der Waals surface area contributed by atoms with E-state index in [2.05, 4.69) is 75.6 Å². The molecule has 0 amide bonds. The molecule has 0 aliphatic carbocycles. The minimum atomic E-state index is 0.378. The highest BCUT2D eigenvalue weighted by atomic mass is 14.9. The van der Waals surface area contributed by atoms with E-state index < -0.39 is 0 Å². The maximum absolute atomic E-state index is 3.48. The molecule has 0 aromatic heterocycles. The van der Waals surface area contributed by atoms with Crippen LogP contribution in [0.2, 0.25) is 0 Å². The summed E-state index contributed by atoms with van der Waals surface area (Å²) in [5, 5.41) is 3.48. The predicted molar refractivity (Wildman–Crippen MR) is 91.9 cm³/mol. The second-order valence-corrected chi connectivity index (χ2v) is 6.04. The Morgan fingerprint density at radius 2 is 1.67 bits per heavy atom. The molecule has 1 atom stereocenters. The lowest BCUT2D eigenvalue weighted by molar-refractivity contribution is 0.591. The average molecular weight is 281 g/mol. The molecule has 0 fully saturated rings. The van der Waals surface area contributed by atoms with Crippen LogP contribution in [0.25, 0.3) is 0 Å². The standard InChI is InChI=1S/C20H27N/c1-5-7-17-8-6-9-19(13-17)20(21-4)14-18-11-15(2)10-16(3)12-18/h6,8-13,20-21H,5,7,14H2,1-4H3. The molecule has 112 valence electrons. The minimum Gasteiger partial charge on any atom is -0.313 e. The van der Waals surface area contributed by atoms with Gasteiger partial charge in [-0.25, -0.2) is 0 Å². The lowest BCUT2D eigenvalue weighted by atomic mass is 9.95. The predicted octanol–water partition coefficient (Wildman–Crippen LogP) is 4.76. The van der Waals surface area contributed by atoms with E-state index in [1.807, 2.05) is 0 Å². The van der Waals surface area contributed by atoms with E-state index in [9.17, 15) is 0 Å². The van der Waals surface area contributed by atoms with Crippen LogP contribution in [0, 0.1) is 13.8 Å². The number of rotatable bonds is 6. The van der Waals surface area contributed by atoms with Crippen molar-refractivity contribution in [2.75, 3.05) is 7.05 Å². The Balaban J connectivity index is 2.21. The van der Waals surface area contributed by atoms with Crippen LogP contribution < -0.4 is 5.32 Å². The summed E-state index contributed by atoms with van der Waals surface area (Å²) in [6, 6.07) is 16.2. The summed E-state index contributed by atoms with van der Waals surface area (Å²) >= 11 is 0. The van der Waals surface area contributed by atoms with Gasteiger partial charge in [-0.2, -0.15) is 0 Å². The Bertz CT molecular complexity index is 566. The van der Waals surface area contributed by atoms with Gasteiger partial charge in [0.25, 0.3) is 0 Å². The van der Waals surface area contributed by atoms with Crippen LogP contribution in [0.1, 0.15) is 47.2 Å². The van der Waals surface area contributed by atoms with Crippen molar-refractivity contribution in [2.24, 2.45) is 0 Å². The summed E-state index contributed by atoms with van der Waals surface area (Å²) < 4.78 is 0. The van der Waals surface area contributed by atoms with E-state index in [1.165, 1.54) is 34.2 Å². The highest BCUT2D eigenvalue weighted by molar-refractivity contribution is 5.32. The molecule has 2 aromatic carbocycles. The highest BCUT2D eigenvalue weighted by Crippen LogP contribution is 2.21. The first-order valence-electron chi connectivity index (χ1n) is 7.95. The van der Waals surface area contributed by atoms with Crippen LogP contribution in [0.4, 0.5) is 0 Å². The van der Waals surface area contributed by atoms with E-state index in [-0.39, 0.29) is 0 Å². The molecule has 0 heterocycles. The van der Waals surface area contributed by atoms with Gasteiger partial charge in [-0.15, -0.1) is 0 Å². The molecule has 2 aromatic rings. The summed E-state index contributed by atoms with van der Waals surface area (Å²) in [4.78, 5) is 0. The van der Waals surface area contributed by atoms with E-state index in [0.29, 0.717) is 6.04 Å². The molecular weight excluding hydrogens is 254 g/mol. The van der Waals surface area contributed by atoms with Gasteiger partial charge in [0, 0.05) is 6.04 Å². The van der Waals surface area contributed by atoms with Crippen molar-refractivity contribution in [3.8, 4) is 0 Å². The molecule has 0 saturated carbocycles. The molecule has 1 unspecified atom stereocenters. The van der Waals surface area contributed by atoms with E-state index in [1.54, 1.807) is 0 Å². The fraction of sp³-hybridized carbons (Fsp3) is 0.400. The molecule has 1 nitrogen and oxygen atoms in total. The van der Waals surface area contributed by atoms with Crippen molar-refractivity contribution in [2.45, 2.75) is 46.1 Å². The quantitative estimate of drug-likeness (QED) is 0.805. The average Bonchev–Trinajstić information content (AvgIpc) is 2.44. The zero-order chi connectivity index (χ0) is 15.2. The number of aryl methyl sites for hydroxylation is 3. The zero-order valence-electron chi connectivity index (χ0n) is 13.7. The first kappa shape index (κ1) is 15.8. The maximum atomic E-state index is 3.48. The summed E-state index contributed by atoms with van der Waals surface area (Å²) in [7, 11) is 2.06. The molecule has 0 radical (unpaired) electrons. The second-order valence-electron chi connectivity index (χ2n) is 6.04. The van der Waals surface area contributed by atoms with Crippen LogP contribution >= 0.6 is 0 Å². The fourth-order valence-electron chi connectivity index (χ4n) is 3.06. The second kappa shape index (κ2) is 7.42. The number of likely N-dealkylation sites (N-methyl/N-ethyl adjacent to an activating group) is 1. The highest BCUT2D eigenvalue weighted by Gasteiger charge is 2.11. The van der Waals surface area contributed by atoms with Crippen LogP contribution in [0.5, 0.6) is 0 Å². The van der Waals surface area contributed by atoms with Crippen molar-refractivity contribution in [3.63, 3.8) is 0 Å². The Morgan fingerprint density at radius 1 is 0.952 bits per heavy atom. The molecule has 21 heavy (non-hydrogen) atoms. The van der Waals surface area contributed by atoms with Gasteiger partial charge >= 0.3 is 0 Å². The van der Waals surface area contributed by atoms with Crippen molar-refractivity contribution < 1.29 is 0 Å². The van der Waals surface area contributed by atoms with Gasteiger partial charge in [0.05, 0.1) is 0 Å². The Morgan fingerprint density at radius 3 is 2.29 bits per heavy atom. The van der Waals surface area contributed by atoms with E-state index >= 15 is 0 Å². The molecule has 0 aliphatic heterocycles. The van der Waals surface area contributed by atoms with Gasteiger partial charge in [-0.1, -0.05) is 66.9 Å².